The molecule has 0 aliphatic rings. The molecule has 126 valence electrons. The monoisotopic (exact) mass is 349 g/mol. The Kier molecular flexibility index (Phi) is 5.57. The summed E-state index contributed by atoms with van der Waals surface area (Å²) < 4.78 is 18.7. The maximum atomic E-state index is 13.7. The molecule has 24 heavy (non-hydrogen) atoms. The van der Waals surface area contributed by atoms with Crippen LogP contribution in [-0.4, -0.2) is 18.0 Å². The zero-order chi connectivity index (χ0) is 17.9. The Morgan fingerprint density at radius 2 is 1.88 bits per heavy atom. The number of hydrogen-bond acceptors (Lipinski definition) is 3. The highest BCUT2D eigenvalue weighted by atomic mass is 35.5. The highest BCUT2D eigenvalue weighted by Gasteiger charge is 2.21. The van der Waals surface area contributed by atoms with Gasteiger partial charge in [-0.15, -0.1) is 0 Å². The van der Waals surface area contributed by atoms with Crippen LogP contribution >= 0.6 is 11.6 Å². The molecule has 0 aromatic heterocycles. The second-order valence-electron chi connectivity index (χ2n) is 5.48. The molecule has 1 atom stereocenters. The Morgan fingerprint density at radius 1 is 1.17 bits per heavy atom. The molecule has 2 rings (SSSR count). The Labute approximate surface area is 144 Å². The van der Waals surface area contributed by atoms with E-state index < -0.39 is 23.8 Å². The molecule has 2 aromatic rings. The summed E-state index contributed by atoms with van der Waals surface area (Å²) in [6.45, 7) is 5.18. The molecule has 6 heteroatoms. The number of esters is 1. The molecule has 1 N–H and O–H groups in total. The van der Waals surface area contributed by atoms with E-state index in [1.165, 1.54) is 19.1 Å². The van der Waals surface area contributed by atoms with Crippen molar-refractivity contribution in [3.05, 3.63) is 63.9 Å². The highest BCUT2D eigenvalue weighted by molar-refractivity contribution is 6.30. The first-order valence-corrected chi connectivity index (χ1v) is 7.70. The van der Waals surface area contributed by atoms with Gasteiger partial charge in [0.1, 0.15) is 5.82 Å². The zero-order valence-electron chi connectivity index (χ0n) is 13.5. The van der Waals surface area contributed by atoms with Gasteiger partial charge in [0.2, 0.25) is 0 Å². The maximum Gasteiger partial charge on any atom is 0.341 e. The van der Waals surface area contributed by atoms with Gasteiger partial charge in [-0.25, -0.2) is 9.18 Å². The molecule has 0 aliphatic carbocycles. The fraction of sp³-hybridized carbons (Fsp3) is 0.222. The van der Waals surface area contributed by atoms with Crippen molar-refractivity contribution < 1.29 is 18.7 Å². The molecular weight excluding hydrogens is 333 g/mol. The first-order chi connectivity index (χ1) is 11.3. The van der Waals surface area contributed by atoms with Crippen molar-refractivity contribution in [2.45, 2.75) is 26.9 Å². The van der Waals surface area contributed by atoms with E-state index in [0.717, 1.165) is 17.2 Å². The topological polar surface area (TPSA) is 55.4 Å². The van der Waals surface area contributed by atoms with Crippen molar-refractivity contribution in [1.82, 2.24) is 0 Å². The molecule has 0 aliphatic heterocycles. The Hall–Kier alpha value is -2.40. The minimum absolute atomic E-state index is 0.171. The quantitative estimate of drug-likeness (QED) is 0.838. The number of halogens is 2. The number of rotatable bonds is 4. The fourth-order valence-electron chi connectivity index (χ4n) is 2.04. The van der Waals surface area contributed by atoms with Crippen LogP contribution in [0.5, 0.6) is 0 Å². The predicted octanol–water partition coefficient (Wildman–Crippen LogP) is 4.28. The molecule has 0 saturated heterocycles. The lowest BCUT2D eigenvalue weighted by atomic mass is 10.1. The second kappa shape index (κ2) is 7.45. The number of carbonyl (C=O) groups is 2. The number of benzene rings is 2. The molecule has 2 aromatic carbocycles. The molecule has 0 heterocycles. The van der Waals surface area contributed by atoms with E-state index in [1.54, 1.807) is 0 Å². The molecule has 0 spiro atoms. The third-order valence-electron chi connectivity index (χ3n) is 3.46. The molecule has 0 bridgehead atoms. The summed E-state index contributed by atoms with van der Waals surface area (Å²) in [7, 11) is 0. The van der Waals surface area contributed by atoms with E-state index in [4.69, 9.17) is 16.3 Å². The van der Waals surface area contributed by atoms with Crippen LogP contribution in [0.2, 0.25) is 5.02 Å². The number of nitrogens with one attached hydrogen (secondary N) is 1. The number of aryl methyl sites for hydroxylation is 2. The number of carbonyl (C=O) groups excluding carboxylic acids is 2. The number of amides is 1. The molecule has 1 amide bonds. The molecule has 0 saturated carbocycles. The normalized spacial score (nSPS) is 11.7. The average Bonchev–Trinajstić information content (AvgIpc) is 2.50. The second-order valence-corrected chi connectivity index (χ2v) is 5.92. The van der Waals surface area contributed by atoms with E-state index in [-0.39, 0.29) is 10.6 Å². The van der Waals surface area contributed by atoms with Crippen LogP contribution in [0.15, 0.2) is 36.4 Å². The third kappa shape index (κ3) is 4.32. The SMILES string of the molecule is Cc1ccc(C)c(NC(=O)[C@@H](C)OC(=O)c2ccc(Cl)cc2F)c1. The lowest BCUT2D eigenvalue weighted by molar-refractivity contribution is -0.123. The third-order valence-corrected chi connectivity index (χ3v) is 3.69. The van der Waals surface area contributed by atoms with Crippen molar-refractivity contribution in [2.24, 2.45) is 0 Å². The Balaban J connectivity index is 2.05. The maximum absolute atomic E-state index is 13.7. The van der Waals surface area contributed by atoms with Crippen LogP contribution in [0.1, 0.15) is 28.4 Å². The summed E-state index contributed by atoms with van der Waals surface area (Å²) in [5.41, 5.74) is 2.24. The summed E-state index contributed by atoms with van der Waals surface area (Å²) in [6, 6.07) is 9.24. The number of anilines is 1. The first kappa shape index (κ1) is 17.9. The minimum atomic E-state index is -1.08. The van der Waals surface area contributed by atoms with Crippen molar-refractivity contribution in [3.8, 4) is 0 Å². The van der Waals surface area contributed by atoms with E-state index in [9.17, 15) is 14.0 Å². The first-order valence-electron chi connectivity index (χ1n) is 7.32. The van der Waals surface area contributed by atoms with E-state index in [0.29, 0.717) is 5.69 Å². The highest BCUT2D eigenvalue weighted by Crippen LogP contribution is 2.18. The van der Waals surface area contributed by atoms with Gasteiger partial charge in [0.25, 0.3) is 5.91 Å². The van der Waals surface area contributed by atoms with Gasteiger partial charge in [-0.1, -0.05) is 23.7 Å². The van der Waals surface area contributed by atoms with Crippen molar-refractivity contribution in [3.63, 3.8) is 0 Å². The lowest BCUT2D eigenvalue weighted by Crippen LogP contribution is -2.30. The van der Waals surface area contributed by atoms with Gasteiger partial charge < -0.3 is 10.1 Å². The van der Waals surface area contributed by atoms with Gasteiger partial charge in [-0.2, -0.15) is 0 Å². The summed E-state index contributed by atoms with van der Waals surface area (Å²) in [4.78, 5) is 24.2. The van der Waals surface area contributed by atoms with Gasteiger partial charge in [0, 0.05) is 10.7 Å². The number of hydrogen-bond donors (Lipinski definition) is 1. The van der Waals surface area contributed by atoms with Crippen LogP contribution in [0.4, 0.5) is 10.1 Å². The predicted molar refractivity (Wildman–Crippen MR) is 90.8 cm³/mol. The molecule has 0 unspecified atom stereocenters. The molecule has 0 fully saturated rings. The lowest BCUT2D eigenvalue weighted by Gasteiger charge is -2.15. The Morgan fingerprint density at radius 3 is 2.54 bits per heavy atom. The zero-order valence-corrected chi connectivity index (χ0v) is 14.3. The fourth-order valence-corrected chi connectivity index (χ4v) is 2.20. The molecular formula is C18H17ClFNO3. The molecule has 0 radical (unpaired) electrons. The van der Waals surface area contributed by atoms with Gasteiger partial charge >= 0.3 is 5.97 Å². The van der Waals surface area contributed by atoms with Crippen LogP contribution < -0.4 is 5.32 Å². The summed E-state index contributed by atoms with van der Waals surface area (Å²) in [6.07, 6.45) is -1.08. The van der Waals surface area contributed by atoms with Gasteiger partial charge in [-0.05, 0) is 56.2 Å². The average molecular weight is 350 g/mol. The number of ether oxygens (including phenoxy) is 1. The molecule has 4 nitrogen and oxygen atoms in total. The largest absolute Gasteiger partial charge is 0.449 e. The van der Waals surface area contributed by atoms with Crippen LogP contribution in [0, 0.1) is 19.7 Å². The van der Waals surface area contributed by atoms with Crippen molar-refractivity contribution >= 4 is 29.2 Å². The van der Waals surface area contributed by atoms with Gasteiger partial charge in [0.05, 0.1) is 5.56 Å². The van der Waals surface area contributed by atoms with Gasteiger partial charge in [0.15, 0.2) is 6.10 Å². The smallest absolute Gasteiger partial charge is 0.341 e. The standard InChI is InChI=1S/C18H17ClFNO3/c1-10-4-5-11(2)16(8-10)21-17(22)12(3)24-18(23)14-7-6-13(19)9-15(14)20/h4-9,12H,1-3H3,(H,21,22)/t12-/m1/s1. The van der Waals surface area contributed by atoms with E-state index in [1.807, 2.05) is 32.0 Å². The van der Waals surface area contributed by atoms with E-state index >= 15 is 0 Å². The van der Waals surface area contributed by atoms with Crippen molar-refractivity contribution in [1.29, 1.82) is 0 Å². The van der Waals surface area contributed by atoms with Crippen molar-refractivity contribution in [2.75, 3.05) is 5.32 Å². The van der Waals surface area contributed by atoms with Crippen LogP contribution in [0.25, 0.3) is 0 Å². The summed E-state index contributed by atoms with van der Waals surface area (Å²) >= 11 is 5.64. The summed E-state index contributed by atoms with van der Waals surface area (Å²) in [5.74, 6) is -2.21. The minimum Gasteiger partial charge on any atom is -0.449 e. The van der Waals surface area contributed by atoms with Crippen LogP contribution in [-0.2, 0) is 9.53 Å². The van der Waals surface area contributed by atoms with Crippen LogP contribution in [0.3, 0.4) is 0 Å². The Bertz CT molecular complexity index is 792. The summed E-state index contributed by atoms with van der Waals surface area (Å²) in [5, 5.41) is 2.87. The van der Waals surface area contributed by atoms with Gasteiger partial charge in [-0.3, -0.25) is 4.79 Å². The van der Waals surface area contributed by atoms with E-state index in [2.05, 4.69) is 5.32 Å².